The molecule has 1 aromatic heterocycles. The van der Waals surface area contributed by atoms with Gasteiger partial charge in [0.05, 0.1) is 15.3 Å². The van der Waals surface area contributed by atoms with Crippen LogP contribution in [-0.4, -0.2) is 10.0 Å². The minimum Gasteiger partial charge on any atom is -0.710 e. The van der Waals surface area contributed by atoms with Crippen molar-refractivity contribution in [3.05, 3.63) is 69.1 Å². The third-order valence-corrected chi connectivity index (χ3v) is 3.02. The summed E-state index contributed by atoms with van der Waals surface area (Å²) >= 11 is 0. The van der Waals surface area contributed by atoms with E-state index in [1.54, 1.807) is 12.1 Å². The number of hydrogen-bond donors (Lipinski definition) is 0. The first-order chi connectivity index (χ1) is 10.1. The maximum atomic E-state index is 12.3. The summed E-state index contributed by atoms with van der Waals surface area (Å²) in [5.74, 6) is -0.112. The summed E-state index contributed by atoms with van der Waals surface area (Å²) in [5, 5.41) is 38.4. The predicted molar refractivity (Wildman–Crippen MR) is 71.8 cm³/mol. The second-order valence-electron chi connectivity index (χ2n) is 4.28. The topological polar surface area (TPSA) is 110 Å². The van der Waals surface area contributed by atoms with E-state index in [1.807, 2.05) is 0 Å². The van der Waals surface area contributed by atoms with Crippen LogP contribution in [0.15, 0.2) is 48.5 Å². The number of non-ortho nitro benzene ring substituents is 1. The van der Waals surface area contributed by atoms with Gasteiger partial charge in [-0.2, -0.15) is 0 Å². The van der Waals surface area contributed by atoms with Gasteiger partial charge in [0.15, 0.2) is 0 Å². The predicted octanol–water partition coefficient (Wildman–Crippen LogP) is 1.08. The van der Waals surface area contributed by atoms with Gasteiger partial charge < -0.3 is 10.4 Å². The molecule has 0 atom stereocenters. The molecule has 3 aromatic rings. The van der Waals surface area contributed by atoms with Crippen molar-refractivity contribution in [2.45, 2.75) is 0 Å². The van der Waals surface area contributed by atoms with E-state index in [1.165, 1.54) is 36.4 Å². The molecular weight excluding hydrogens is 276 g/mol. The summed E-state index contributed by atoms with van der Waals surface area (Å²) in [5.41, 5.74) is 0.548. The molecule has 0 fully saturated rings. The first kappa shape index (κ1) is 12.7. The van der Waals surface area contributed by atoms with E-state index in [4.69, 9.17) is 0 Å². The molecule has 8 nitrogen and oxygen atoms in total. The Hall–Kier alpha value is -3.29. The zero-order valence-electron chi connectivity index (χ0n) is 10.5. The lowest BCUT2D eigenvalue weighted by Crippen LogP contribution is -2.43. The van der Waals surface area contributed by atoms with Gasteiger partial charge in [-0.3, -0.25) is 10.1 Å². The summed E-state index contributed by atoms with van der Waals surface area (Å²) in [6, 6.07) is 11.5. The van der Waals surface area contributed by atoms with Crippen molar-refractivity contribution in [1.82, 2.24) is 5.10 Å². The fourth-order valence-electron chi connectivity index (χ4n) is 2.00. The van der Waals surface area contributed by atoms with E-state index in [9.17, 15) is 20.5 Å². The summed E-state index contributed by atoms with van der Waals surface area (Å²) in [6.45, 7) is 0. The van der Waals surface area contributed by atoms with E-state index in [0.717, 1.165) is 0 Å². The number of benzene rings is 2. The third kappa shape index (κ3) is 2.08. The van der Waals surface area contributed by atoms with Crippen molar-refractivity contribution in [3.63, 3.8) is 0 Å². The van der Waals surface area contributed by atoms with E-state index < -0.39 is 4.92 Å². The monoisotopic (exact) mass is 284 g/mol. The number of nitrogens with zero attached hydrogens (tertiary/aromatic N) is 4. The van der Waals surface area contributed by atoms with Gasteiger partial charge >= 0.3 is 11.3 Å². The Morgan fingerprint density at radius 2 is 1.57 bits per heavy atom. The maximum absolute atomic E-state index is 12.3. The molecule has 0 saturated carbocycles. The minimum absolute atomic E-state index is 0.105. The van der Waals surface area contributed by atoms with Crippen LogP contribution in [0.5, 0.6) is 0 Å². The Labute approximate surface area is 117 Å². The average Bonchev–Trinajstić information content (AvgIpc) is 2.51. The number of hydrogen-bond acceptors (Lipinski definition) is 5. The van der Waals surface area contributed by atoms with E-state index in [0.29, 0.717) is 15.1 Å². The molecule has 0 radical (unpaired) electrons. The quantitative estimate of drug-likeness (QED) is 0.302. The fraction of sp³-hybridized carbons (Fsp3) is 0. The molecule has 0 bridgehead atoms. The zero-order valence-corrected chi connectivity index (χ0v) is 10.5. The highest BCUT2D eigenvalue weighted by Crippen LogP contribution is 2.18. The zero-order chi connectivity index (χ0) is 15.0. The number of para-hydroxylation sites is 2. The number of nitro benzene ring substituents is 1. The highest BCUT2D eigenvalue weighted by Gasteiger charge is 2.23. The fourth-order valence-corrected chi connectivity index (χ4v) is 2.00. The number of fused-ring (bicyclic) bond motifs is 1. The molecule has 0 aliphatic rings. The van der Waals surface area contributed by atoms with Gasteiger partial charge in [0.2, 0.25) is 10.6 Å². The second kappa shape index (κ2) is 4.67. The normalized spacial score (nSPS) is 10.7. The van der Waals surface area contributed by atoms with Crippen LogP contribution in [0.4, 0.5) is 5.69 Å². The summed E-state index contributed by atoms with van der Waals surface area (Å²) in [4.78, 5) is 10.4. The van der Waals surface area contributed by atoms with Crippen LogP contribution in [0.3, 0.4) is 0 Å². The van der Waals surface area contributed by atoms with Gasteiger partial charge in [0, 0.05) is 18.2 Å². The van der Waals surface area contributed by atoms with Gasteiger partial charge in [-0.05, 0) is 18.2 Å². The van der Waals surface area contributed by atoms with Crippen LogP contribution in [0.2, 0.25) is 0 Å². The molecule has 0 unspecified atom stereocenters. The average molecular weight is 284 g/mol. The molecule has 21 heavy (non-hydrogen) atoms. The molecule has 0 aliphatic heterocycles. The summed E-state index contributed by atoms with van der Waals surface area (Å²) in [7, 11) is 0. The van der Waals surface area contributed by atoms with Crippen molar-refractivity contribution < 1.29 is 14.5 Å². The Morgan fingerprint density at radius 1 is 0.952 bits per heavy atom. The number of aromatic nitrogens is 3. The van der Waals surface area contributed by atoms with Crippen LogP contribution in [-0.2, 0) is 0 Å². The maximum Gasteiger partial charge on any atom is 0.408 e. The standard InChI is InChI=1S/C13H8N4O4/c18-15-11-3-1-2-4-12(11)16(19)14-13(15)9-5-7-10(8-6-9)17(20)21/h1-8H. The Morgan fingerprint density at radius 3 is 2.19 bits per heavy atom. The number of rotatable bonds is 2. The molecule has 2 aromatic carbocycles. The lowest BCUT2D eigenvalue weighted by molar-refractivity contribution is -0.673. The molecule has 0 amide bonds. The van der Waals surface area contributed by atoms with Gasteiger partial charge in [-0.25, -0.2) is 4.73 Å². The Bertz CT molecular complexity index is 849. The Balaban J connectivity index is 2.20. The molecule has 0 saturated heterocycles. The van der Waals surface area contributed by atoms with Gasteiger partial charge in [-0.1, -0.05) is 12.1 Å². The molecule has 8 heteroatoms. The van der Waals surface area contributed by atoms with Crippen LogP contribution >= 0.6 is 0 Å². The van der Waals surface area contributed by atoms with E-state index in [-0.39, 0.29) is 22.5 Å². The molecule has 104 valence electrons. The lowest BCUT2D eigenvalue weighted by atomic mass is 10.2. The second-order valence-corrected chi connectivity index (χ2v) is 4.28. The van der Waals surface area contributed by atoms with Crippen LogP contribution < -0.4 is 9.58 Å². The van der Waals surface area contributed by atoms with Crippen molar-refractivity contribution in [1.29, 1.82) is 0 Å². The van der Waals surface area contributed by atoms with Crippen molar-refractivity contribution in [2.24, 2.45) is 0 Å². The highest BCUT2D eigenvalue weighted by molar-refractivity contribution is 5.68. The number of nitro groups is 1. The highest BCUT2D eigenvalue weighted by atomic mass is 16.6. The van der Waals surface area contributed by atoms with Crippen molar-refractivity contribution in [2.75, 3.05) is 0 Å². The van der Waals surface area contributed by atoms with E-state index in [2.05, 4.69) is 5.10 Å². The molecular formula is C13H8N4O4. The van der Waals surface area contributed by atoms with Crippen LogP contribution in [0, 0.1) is 20.5 Å². The SMILES string of the molecule is O=[N+]([O-])c1ccc(-c2n[n+]([O-])c3ccccc3[n+]2[O-])cc1. The van der Waals surface area contributed by atoms with Gasteiger partial charge in [0.25, 0.3) is 5.69 Å². The van der Waals surface area contributed by atoms with E-state index >= 15 is 0 Å². The summed E-state index contributed by atoms with van der Waals surface area (Å²) in [6.07, 6.45) is 0. The molecule has 0 N–H and O–H groups in total. The molecule has 1 heterocycles. The Kier molecular flexibility index (Phi) is 2.83. The van der Waals surface area contributed by atoms with Crippen LogP contribution in [0.25, 0.3) is 22.4 Å². The molecule has 0 spiro atoms. The van der Waals surface area contributed by atoms with Gasteiger partial charge in [0.1, 0.15) is 0 Å². The third-order valence-electron chi connectivity index (χ3n) is 3.02. The van der Waals surface area contributed by atoms with Crippen molar-refractivity contribution in [3.8, 4) is 11.4 Å². The van der Waals surface area contributed by atoms with Crippen LogP contribution in [0.1, 0.15) is 0 Å². The van der Waals surface area contributed by atoms with Gasteiger partial charge in [-0.15, -0.1) is 0 Å². The first-order valence-corrected chi connectivity index (χ1v) is 5.95. The minimum atomic E-state index is -0.545. The summed E-state index contributed by atoms with van der Waals surface area (Å²) < 4.78 is 0.533. The smallest absolute Gasteiger partial charge is 0.408 e. The largest absolute Gasteiger partial charge is 0.710 e. The molecule has 0 aliphatic carbocycles. The molecule has 3 rings (SSSR count). The lowest BCUT2D eigenvalue weighted by Gasteiger charge is -2.07. The van der Waals surface area contributed by atoms with Crippen molar-refractivity contribution >= 4 is 16.7 Å². The first-order valence-electron chi connectivity index (χ1n) is 5.95.